The van der Waals surface area contributed by atoms with Gasteiger partial charge in [0.15, 0.2) is 0 Å². The summed E-state index contributed by atoms with van der Waals surface area (Å²) in [5.41, 5.74) is 1.63. The Balaban J connectivity index is 1.63. The van der Waals surface area contributed by atoms with Crippen LogP contribution in [0.3, 0.4) is 0 Å². The summed E-state index contributed by atoms with van der Waals surface area (Å²) in [4.78, 5) is 21.0. The Bertz CT molecular complexity index is 1060. The molecule has 2 N–H and O–H groups in total. The van der Waals surface area contributed by atoms with Crippen LogP contribution in [0.5, 0.6) is 0 Å². The van der Waals surface area contributed by atoms with Crippen molar-refractivity contribution in [2.45, 2.75) is 19.5 Å². The van der Waals surface area contributed by atoms with Gasteiger partial charge in [-0.05, 0) is 12.1 Å². The van der Waals surface area contributed by atoms with Crippen LogP contribution in [0.25, 0.3) is 16.6 Å². The molecule has 0 saturated carbocycles. The van der Waals surface area contributed by atoms with Gasteiger partial charge < -0.3 is 15.0 Å². The number of nitrogens with one attached hydrogen (secondary N) is 1. The topological polar surface area (TPSA) is 80.0 Å². The number of carbonyl (C=O) groups excluding carboxylic acids is 1. The first kappa shape index (κ1) is 16.2. The largest absolute Gasteiger partial charge is 0.511 e. The Labute approximate surface area is 146 Å². The minimum Gasteiger partial charge on any atom is -0.511 e. The molecule has 0 fully saturated rings. The van der Waals surface area contributed by atoms with E-state index in [-0.39, 0.29) is 29.9 Å². The van der Waals surface area contributed by atoms with E-state index in [1.807, 2.05) is 4.57 Å². The van der Waals surface area contributed by atoms with Gasteiger partial charge in [0, 0.05) is 37.3 Å². The fourth-order valence-corrected chi connectivity index (χ4v) is 3.03. The quantitative estimate of drug-likeness (QED) is 0.756. The van der Waals surface area contributed by atoms with Gasteiger partial charge in [0.25, 0.3) is 5.91 Å². The van der Waals surface area contributed by atoms with Crippen LogP contribution in [0, 0.1) is 11.6 Å². The van der Waals surface area contributed by atoms with Crippen molar-refractivity contribution in [1.82, 2.24) is 19.9 Å². The van der Waals surface area contributed by atoms with E-state index < -0.39 is 17.5 Å². The van der Waals surface area contributed by atoms with Crippen molar-refractivity contribution in [2.75, 3.05) is 0 Å². The van der Waals surface area contributed by atoms with E-state index in [9.17, 15) is 18.7 Å². The van der Waals surface area contributed by atoms with Gasteiger partial charge in [-0.2, -0.15) is 0 Å². The van der Waals surface area contributed by atoms with E-state index in [0.717, 1.165) is 17.6 Å². The van der Waals surface area contributed by atoms with Crippen molar-refractivity contribution < 1.29 is 18.7 Å². The summed E-state index contributed by atoms with van der Waals surface area (Å²) in [7, 11) is 0. The second-order valence-corrected chi connectivity index (χ2v) is 5.94. The maximum atomic E-state index is 13.7. The second-order valence-electron chi connectivity index (χ2n) is 5.94. The Morgan fingerprint density at radius 3 is 2.96 bits per heavy atom. The molecule has 1 amide bonds. The summed E-state index contributed by atoms with van der Waals surface area (Å²) < 4.78 is 28.5. The SMILES string of the molecule is O=C(NCc1ccc(F)cc1F)C1=C(O)CCn2c1nc1cnccc12. The summed E-state index contributed by atoms with van der Waals surface area (Å²) in [6.45, 7) is 0.356. The number of rotatable bonds is 3. The third-order valence-corrected chi connectivity index (χ3v) is 4.32. The number of carbonyl (C=O) groups is 1. The molecule has 1 aliphatic heterocycles. The predicted octanol–water partition coefficient (Wildman–Crippen LogP) is 2.70. The molecule has 2 aromatic heterocycles. The number of aliphatic hydroxyl groups excluding tert-OH is 1. The minimum atomic E-state index is -0.745. The number of hydrogen-bond acceptors (Lipinski definition) is 4. The van der Waals surface area contributed by atoms with E-state index in [2.05, 4.69) is 15.3 Å². The number of benzene rings is 1. The summed E-state index contributed by atoms with van der Waals surface area (Å²) in [6.07, 6.45) is 3.50. The number of fused-ring (bicyclic) bond motifs is 3. The first-order valence-electron chi connectivity index (χ1n) is 7.99. The Morgan fingerprint density at radius 2 is 2.15 bits per heavy atom. The number of aliphatic hydroxyl groups is 1. The number of aryl methyl sites for hydroxylation is 1. The Hall–Kier alpha value is -3.29. The summed E-state index contributed by atoms with van der Waals surface area (Å²) >= 11 is 0. The standard InChI is InChI=1S/C18H14F2N4O2/c19-11-2-1-10(12(20)7-11)8-22-18(26)16-15(25)4-6-24-14-3-5-21-9-13(14)23-17(16)24/h1-3,5,7,9,25H,4,6,8H2,(H,22,26). The number of nitrogens with zero attached hydrogens (tertiary/aromatic N) is 3. The zero-order chi connectivity index (χ0) is 18.3. The highest BCUT2D eigenvalue weighted by Crippen LogP contribution is 2.29. The van der Waals surface area contributed by atoms with E-state index in [1.54, 1.807) is 18.5 Å². The highest BCUT2D eigenvalue weighted by molar-refractivity contribution is 6.19. The van der Waals surface area contributed by atoms with Gasteiger partial charge in [0.1, 0.15) is 34.3 Å². The Morgan fingerprint density at radius 1 is 1.31 bits per heavy atom. The molecule has 6 nitrogen and oxygen atoms in total. The van der Waals surface area contributed by atoms with Crippen LogP contribution < -0.4 is 5.32 Å². The molecule has 132 valence electrons. The number of hydrogen-bond donors (Lipinski definition) is 2. The third-order valence-electron chi connectivity index (χ3n) is 4.32. The first-order chi connectivity index (χ1) is 12.5. The van der Waals surface area contributed by atoms with E-state index in [1.165, 1.54) is 6.07 Å². The van der Waals surface area contributed by atoms with Crippen LogP contribution in [-0.2, 0) is 17.9 Å². The molecule has 0 saturated heterocycles. The van der Waals surface area contributed by atoms with Crippen molar-refractivity contribution in [3.05, 3.63) is 65.4 Å². The number of allylic oxidation sites excluding steroid dienone is 1. The van der Waals surface area contributed by atoms with E-state index in [0.29, 0.717) is 17.9 Å². The van der Waals surface area contributed by atoms with E-state index >= 15 is 0 Å². The highest BCUT2D eigenvalue weighted by Gasteiger charge is 2.28. The van der Waals surface area contributed by atoms with Gasteiger partial charge in [-0.1, -0.05) is 6.07 Å². The average Bonchev–Trinajstić information content (AvgIpc) is 2.99. The summed E-state index contributed by atoms with van der Waals surface area (Å²) in [5, 5.41) is 12.8. The number of imidazole rings is 1. The van der Waals surface area contributed by atoms with Gasteiger partial charge in [-0.15, -0.1) is 0 Å². The molecular weight excluding hydrogens is 342 g/mol. The Kier molecular flexibility index (Phi) is 3.87. The number of aromatic nitrogens is 3. The van der Waals surface area contributed by atoms with E-state index in [4.69, 9.17) is 0 Å². The highest BCUT2D eigenvalue weighted by atomic mass is 19.1. The second kappa shape index (κ2) is 6.21. The van der Waals surface area contributed by atoms with Gasteiger partial charge in [0.2, 0.25) is 0 Å². The monoisotopic (exact) mass is 356 g/mol. The van der Waals surface area contributed by atoms with Gasteiger partial charge in [-0.25, -0.2) is 13.8 Å². The van der Waals surface area contributed by atoms with Crippen LogP contribution in [0.2, 0.25) is 0 Å². The number of amides is 1. The normalized spacial score (nSPS) is 13.8. The van der Waals surface area contributed by atoms with Crippen molar-refractivity contribution in [3.63, 3.8) is 0 Å². The zero-order valence-corrected chi connectivity index (χ0v) is 13.5. The number of halogens is 2. The molecule has 1 aliphatic rings. The molecule has 0 atom stereocenters. The number of pyridine rings is 1. The lowest BCUT2D eigenvalue weighted by atomic mass is 10.1. The minimum absolute atomic E-state index is 0.0509. The molecule has 26 heavy (non-hydrogen) atoms. The van der Waals surface area contributed by atoms with Crippen LogP contribution in [-0.4, -0.2) is 25.5 Å². The first-order valence-corrected chi connectivity index (χ1v) is 7.99. The smallest absolute Gasteiger partial charge is 0.258 e. The van der Waals surface area contributed by atoms with Crippen LogP contribution in [0.1, 0.15) is 17.8 Å². The fourth-order valence-electron chi connectivity index (χ4n) is 3.03. The maximum absolute atomic E-state index is 13.7. The maximum Gasteiger partial charge on any atom is 0.258 e. The van der Waals surface area contributed by atoms with Gasteiger partial charge >= 0.3 is 0 Å². The van der Waals surface area contributed by atoms with Crippen molar-refractivity contribution in [1.29, 1.82) is 0 Å². The average molecular weight is 356 g/mol. The van der Waals surface area contributed by atoms with Crippen LogP contribution in [0.15, 0.2) is 42.4 Å². The lowest BCUT2D eigenvalue weighted by Gasteiger charge is -2.18. The third kappa shape index (κ3) is 2.69. The molecule has 3 heterocycles. The molecule has 0 aliphatic carbocycles. The van der Waals surface area contributed by atoms with Crippen LogP contribution >= 0.6 is 0 Å². The predicted molar refractivity (Wildman–Crippen MR) is 89.9 cm³/mol. The lowest BCUT2D eigenvalue weighted by molar-refractivity contribution is -0.116. The van der Waals surface area contributed by atoms with Crippen molar-refractivity contribution >= 4 is 22.5 Å². The molecule has 0 spiro atoms. The molecular formula is C18H14F2N4O2. The molecule has 4 rings (SSSR count). The summed E-state index contributed by atoms with van der Waals surface area (Å²) in [6, 6.07) is 4.93. The zero-order valence-electron chi connectivity index (χ0n) is 13.5. The molecule has 0 unspecified atom stereocenters. The fraction of sp³-hybridized carbons (Fsp3) is 0.167. The molecule has 8 heteroatoms. The molecule has 0 bridgehead atoms. The molecule has 1 aromatic carbocycles. The molecule has 3 aromatic rings. The van der Waals surface area contributed by atoms with Crippen LogP contribution in [0.4, 0.5) is 8.78 Å². The van der Waals surface area contributed by atoms with Crippen molar-refractivity contribution in [2.24, 2.45) is 0 Å². The van der Waals surface area contributed by atoms with Gasteiger partial charge in [-0.3, -0.25) is 9.78 Å². The van der Waals surface area contributed by atoms with Gasteiger partial charge in [0.05, 0.1) is 11.7 Å². The molecule has 0 radical (unpaired) electrons. The lowest BCUT2D eigenvalue weighted by Crippen LogP contribution is -2.28. The van der Waals surface area contributed by atoms with Crippen molar-refractivity contribution in [3.8, 4) is 0 Å². The summed E-state index contributed by atoms with van der Waals surface area (Å²) in [5.74, 6) is -1.74.